The van der Waals surface area contributed by atoms with Crippen molar-refractivity contribution in [2.24, 2.45) is 0 Å². The SMILES string of the molecule is O=C(O)c1ccc(-n2cnc3cncnc32)cc1Cl. The third-order valence-electron chi connectivity index (χ3n) is 2.67. The van der Waals surface area contributed by atoms with Gasteiger partial charge in [0.15, 0.2) is 5.65 Å². The van der Waals surface area contributed by atoms with Crippen LogP contribution in [-0.2, 0) is 0 Å². The van der Waals surface area contributed by atoms with Crippen LogP contribution in [0.4, 0.5) is 0 Å². The molecule has 0 aliphatic carbocycles. The van der Waals surface area contributed by atoms with Crippen LogP contribution in [0.5, 0.6) is 0 Å². The third kappa shape index (κ3) is 1.92. The highest BCUT2D eigenvalue weighted by Gasteiger charge is 2.11. The molecular formula is C12H7ClN4O2. The maximum absolute atomic E-state index is 10.9. The number of halogens is 1. The Balaban J connectivity index is 2.17. The number of rotatable bonds is 2. The van der Waals surface area contributed by atoms with Crippen molar-refractivity contribution in [1.29, 1.82) is 0 Å². The van der Waals surface area contributed by atoms with Crippen molar-refractivity contribution in [2.45, 2.75) is 0 Å². The number of imidazole rings is 1. The van der Waals surface area contributed by atoms with Crippen molar-refractivity contribution < 1.29 is 9.90 Å². The smallest absolute Gasteiger partial charge is 0.337 e. The van der Waals surface area contributed by atoms with E-state index in [0.29, 0.717) is 16.9 Å². The number of nitrogens with zero attached hydrogens (tertiary/aromatic N) is 4. The molecule has 6 nitrogen and oxygen atoms in total. The van der Waals surface area contributed by atoms with E-state index >= 15 is 0 Å². The highest BCUT2D eigenvalue weighted by Crippen LogP contribution is 2.22. The molecule has 0 spiro atoms. The van der Waals surface area contributed by atoms with E-state index in [1.165, 1.54) is 12.4 Å². The zero-order valence-electron chi connectivity index (χ0n) is 9.49. The highest BCUT2D eigenvalue weighted by molar-refractivity contribution is 6.33. The molecule has 0 amide bonds. The summed E-state index contributed by atoms with van der Waals surface area (Å²) in [6, 6.07) is 4.67. The van der Waals surface area contributed by atoms with Gasteiger partial charge in [0.2, 0.25) is 0 Å². The summed E-state index contributed by atoms with van der Waals surface area (Å²) in [5.41, 5.74) is 2.04. The van der Waals surface area contributed by atoms with Crippen LogP contribution in [0.25, 0.3) is 16.9 Å². The molecule has 0 saturated heterocycles. The summed E-state index contributed by atoms with van der Waals surface area (Å²) in [4.78, 5) is 23.1. The van der Waals surface area contributed by atoms with Gasteiger partial charge in [-0.15, -0.1) is 0 Å². The van der Waals surface area contributed by atoms with Crippen molar-refractivity contribution in [1.82, 2.24) is 19.5 Å². The normalized spacial score (nSPS) is 10.8. The lowest BCUT2D eigenvalue weighted by atomic mass is 10.2. The minimum Gasteiger partial charge on any atom is -0.478 e. The Morgan fingerprint density at radius 1 is 1.32 bits per heavy atom. The Hall–Kier alpha value is -2.47. The summed E-state index contributed by atoms with van der Waals surface area (Å²) in [6.07, 6.45) is 4.62. The van der Waals surface area contributed by atoms with E-state index in [9.17, 15) is 4.79 Å². The predicted octanol–water partition coefficient (Wildman–Crippen LogP) is 2.17. The first-order valence-corrected chi connectivity index (χ1v) is 5.71. The second kappa shape index (κ2) is 4.33. The zero-order chi connectivity index (χ0) is 13.4. The largest absolute Gasteiger partial charge is 0.478 e. The molecule has 0 aliphatic rings. The van der Waals surface area contributed by atoms with Gasteiger partial charge in [-0.3, -0.25) is 4.57 Å². The summed E-state index contributed by atoms with van der Waals surface area (Å²) in [5, 5.41) is 9.10. The zero-order valence-corrected chi connectivity index (χ0v) is 10.2. The lowest BCUT2D eigenvalue weighted by molar-refractivity contribution is 0.0697. The number of carboxylic acid groups (broad SMARTS) is 1. The lowest BCUT2D eigenvalue weighted by Crippen LogP contribution is -2.00. The molecule has 94 valence electrons. The molecular weight excluding hydrogens is 268 g/mol. The van der Waals surface area contributed by atoms with Crippen molar-refractivity contribution in [3.8, 4) is 5.69 Å². The van der Waals surface area contributed by atoms with Crippen LogP contribution >= 0.6 is 11.6 Å². The first-order valence-electron chi connectivity index (χ1n) is 5.33. The molecule has 1 aromatic carbocycles. The number of hydrogen-bond acceptors (Lipinski definition) is 4. The Kier molecular flexibility index (Phi) is 2.64. The average molecular weight is 275 g/mol. The summed E-state index contributed by atoms with van der Waals surface area (Å²) < 4.78 is 1.72. The number of fused-ring (bicyclic) bond motifs is 1. The molecule has 2 aromatic heterocycles. The molecule has 0 atom stereocenters. The standard InChI is InChI=1S/C12H7ClN4O2/c13-9-3-7(1-2-8(9)12(18)19)17-6-16-10-4-14-5-15-11(10)17/h1-6H,(H,18,19). The van der Waals surface area contributed by atoms with Gasteiger partial charge in [-0.1, -0.05) is 11.6 Å². The van der Waals surface area contributed by atoms with E-state index in [-0.39, 0.29) is 10.6 Å². The van der Waals surface area contributed by atoms with E-state index in [4.69, 9.17) is 16.7 Å². The monoisotopic (exact) mass is 274 g/mol. The van der Waals surface area contributed by atoms with Crippen molar-refractivity contribution in [3.63, 3.8) is 0 Å². The molecule has 1 N–H and O–H groups in total. The van der Waals surface area contributed by atoms with Gasteiger partial charge in [-0.05, 0) is 18.2 Å². The highest BCUT2D eigenvalue weighted by atomic mass is 35.5. The second-order valence-electron chi connectivity index (χ2n) is 3.82. The Morgan fingerprint density at radius 3 is 2.89 bits per heavy atom. The molecule has 0 radical (unpaired) electrons. The molecule has 7 heteroatoms. The van der Waals surface area contributed by atoms with E-state index in [1.807, 2.05) is 0 Å². The van der Waals surface area contributed by atoms with Gasteiger partial charge in [0.25, 0.3) is 0 Å². The number of aromatic nitrogens is 4. The van der Waals surface area contributed by atoms with E-state index in [0.717, 1.165) is 0 Å². The number of benzene rings is 1. The van der Waals surface area contributed by atoms with E-state index < -0.39 is 5.97 Å². The number of carbonyl (C=O) groups is 1. The summed E-state index contributed by atoms with van der Waals surface area (Å²) in [5.74, 6) is -1.06. The van der Waals surface area contributed by atoms with Crippen LogP contribution in [-0.4, -0.2) is 30.6 Å². The second-order valence-corrected chi connectivity index (χ2v) is 4.22. The maximum Gasteiger partial charge on any atom is 0.337 e. The minimum atomic E-state index is -1.06. The van der Waals surface area contributed by atoms with Crippen LogP contribution in [0.3, 0.4) is 0 Å². The van der Waals surface area contributed by atoms with Gasteiger partial charge < -0.3 is 5.11 Å². The molecule has 0 fully saturated rings. The third-order valence-corrected chi connectivity index (χ3v) is 2.99. The molecule has 3 aromatic rings. The summed E-state index contributed by atoms with van der Waals surface area (Å²) >= 11 is 5.95. The number of hydrogen-bond donors (Lipinski definition) is 1. The molecule has 0 saturated carbocycles. The lowest BCUT2D eigenvalue weighted by Gasteiger charge is -2.05. The summed E-state index contributed by atoms with van der Waals surface area (Å²) in [6.45, 7) is 0. The van der Waals surface area contributed by atoms with Gasteiger partial charge >= 0.3 is 5.97 Å². The van der Waals surface area contributed by atoms with Crippen molar-refractivity contribution in [3.05, 3.63) is 47.6 Å². The first kappa shape index (κ1) is 11.6. The maximum atomic E-state index is 10.9. The molecule has 3 rings (SSSR count). The van der Waals surface area contributed by atoms with E-state index in [2.05, 4.69) is 15.0 Å². The summed E-state index contributed by atoms with van der Waals surface area (Å²) in [7, 11) is 0. The van der Waals surface area contributed by atoms with Gasteiger partial charge in [0.05, 0.1) is 22.5 Å². The molecule has 0 aliphatic heterocycles. The van der Waals surface area contributed by atoms with Gasteiger partial charge in [-0.25, -0.2) is 19.7 Å². The van der Waals surface area contributed by atoms with Crippen LogP contribution in [0.1, 0.15) is 10.4 Å². The molecule has 0 unspecified atom stereocenters. The van der Waals surface area contributed by atoms with Gasteiger partial charge in [0, 0.05) is 0 Å². The number of aromatic carboxylic acids is 1. The van der Waals surface area contributed by atoms with E-state index in [1.54, 1.807) is 29.2 Å². The molecule has 0 bridgehead atoms. The number of carboxylic acids is 1. The minimum absolute atomic E-state index is 0.0597. The van der Waals surface area contributed by atoms with Crippen molar-refractivity contribution >= 4 is 28.7 Å². The van der Waals surface area contributed by atoms with Crippen molar-refractivity contribution in [2.75, 3.05) is 0 Å². The average Bonchev–Trinajstić information content (AvgIpc) is 2.82. The van der Waals surface area contributed by atoms with Crippen LogP contribution in [0.2, 0.25) is 5.02 Å². The van der Waals surface area contributed by atoms with Gasteiger partial charge in [-0.2, -0.15) is 0 Å². The topological polar surface area (TPSA) is 80.9 Å². The fourth-order valence-corrected chi connectivity index (χ4v) is 2.04. The fraction of sp³-hybridized carbons (Fsp3) is 0. The predicted molar refractivity (Wildman–Crippen MR) is 68.6 cm³/mol. The fourth-order valence-electron chi connectivity index (χ4n) is 1.78. The Bertz CT molecular complexity index is 784. The molecule has 19 heavy (non-hydrogen) atoms. The van der Waals surface area contributed by atoms with Crippen LogP contribution < -0.4 is 0 Å². The van der Waals surface area contributed by atoms with Crippen LogP contribution in [0, 0.1) is 0 Å². The first-order chi connectivity index (χ1) is 9.16. The Labute approximate surface area is 112 Å². The van der Waals surface area contributed by atoms with Crippen LogP contribution in [0.15, 0.2) is 37.1 Å². The van der Waals surface area contributed by atoms with Gasteiger partial charge in [0.1, 0.15) is 18.2 Å². The quantitative estimate of drug-likeness (QED) is 0.774. The Morgan fingerprint density at radius 2 is 2.16 bits per heavy atom. The molecule has 2 heterocycles.